The summed E-state index contributed by atoms with van der Waals surface area (Å²) >= 11 is 0. The van der Waals surface area contributed by atoms with E-state index in [2.05, 4.69) is 10.5 Å². The normalized spacial score (nSPS) is 11.4. The molecule has 0 aliphatic carbocycles. The van der Waals surface area contributed by atoms with Crippen molar-refractivity contribution in [1.82, 2.24) is 15.2 Å². The standard InChI is InChI=1S/C10H17N5O3/c1-6-8(15(17)18)7(2)14(13-6)5-10(3,4)9(16)12-11/h5,11H2,1-4H3,(H,12,16). The van der Waals surface area contributed by atoms with Crippen molar-refractivity contribution < 1.29 is 9.72 Å². The average molecular weight is 255 g/mol. The molecule has 0 aliphatic heterocycles. The fourth-order valence-electron chi connectivity index (χ4n) is 1.75. The van der Waals surface area contributed by atoms with Crippen LogP contribution in [0.25, 0.3) is 0 Å². The van der Waals surface area contributed by atoms with Gasteiger partial charge in [0.15, 0.2) is 0 Å². The highest BCUT2D eigenvalue weighted by molar-refractivity contribution is 5.81. The highest BCUT2D eigenvalue weighted by Crippen LogP contribution is 2.25. The summed E-state index contributed by atoms with van der Waals surface area (Å²) in [4.78, 5) is 22.0. The summed E-state index contributed by atoms with van der Waals surface area (Å²) in [5.41, 5.74) is 2.02. The predicted octanol–water partition coefficient (Wildman–Crippen LogP) is 0.424. The molecule has 1 heterocycles. The summed E-state index contributed by atoms with van der Waals surface area (Å²) in [7, 11) is 0. The molecule has 0 saturated heterocycles. The van der Waals surface area contributed by atoms with E-state index in [1.165, 1.54) is 4.68 Å². The van der Waals surface area contributed by atoms with Gasteiger partial charge in [0.1, 0.15) is 11.4 Å². The Morgan fingerprint density at radius 1 is 1.56 bits per heavy atom. The molecular weight excluding hydrogens is 238 g/mol. The minimum atomic E-state index is -0.800. The van der Waals surface area contributed by atoms with Gasteiger partial charge in [-0.3, -0.25) is 25.0 Å². The number of nitro groups is 1. The number of hydrogen-bond acceptors (Lipinski definition) is 5. The third-order valence-electron chi connectivity index (χ3n) is 2.82. The molecule has 0 fully saturated rings. The first-order valence-corrected chi connectivity index (χ1v) is 5.40. The first kappa shape index (κ1) is 14.1. The zero-order valence-electron chi connectivity index (χ0n) is 10.9. The monoisotopic (exact) mass is 255 g/mol. The Bertz CT molecular complexity index is 492. The Balaban J connectivity index is 3.10. The lowest BCUT2D eigenvalue weighted by Gasteiger charge is -2.22. The lowest BCUT2D eigenvalue weighted by molar-refractivity contribution is -0.386. The lowest BCUT2D eigenvalue weighted by Crippen LogP contribution is -2.43. The Labute approximate surface area is 104 Å². The summed E-state index contributed by atoms with van der Waals surface area (Å²) in [6, 6.07) is 0. The van der Waals surface area contributed by atoms with Gasteiger partial charge >= 0.3 is 5.69 Å². The van der Waals surface area contributed by atoms with Gasteiger partial charge in [-0.05, 0) is 27.7 Å². The third-order valence-corrected chi connectivity index (χ3v) is 2.82. The number of nitrogens with two attached hydrogens (primary N) is 1. The molecule has 18 heavy (non-hydrogen) atoms. The Morgan fingerprint density at radius 2 is 2.11 bits per heavy atom. The van der Waals surface area contributed by atoms with Gasteiger partial charge in [0.05, 0.1) is 16.9 Å². The van der Waals surface area contributed by atoms with E-state index < -0.39 is 10.3 Å². The number of nitrogens with one attached hydrogen (secondary N) is 1. The van der Waals surface area contributed by atoms with Crippen molar-refractivity contribution in [3.05, 3.63) is 21.5 Å². The van der Waals surface area contributed by atoms with Crippen molar-refractivity contribution in [2.75, 3.05) is 0 Å². The maximum atomic E-state index is 11.6. The van der Waals surface area contributed by atoms with Crippen LogP contribution < -0.4 is 11.3 Å². The SMILES string of the molecule is Cc1nn(CC(C)(C)C(=O)NN)c(C)c1[N+](=O)[O-]. The molecule has 0 aromatic carbocycles. The van der Waals surface area contributed by atoms with E-state index in [4.69, 9.17) is 5.84 Å². The highest BCUT2D eigenvalue weighted by atomic mass is 16.6. The van der Waals surface area contributed by atoms with E-state index in [0.29, 0.717) is 11.4 Å². The molecule has 3 N–H and O–H groups in total. The van der Waals surface area contributed by atoms with E-state index >= 15 is 0 Å². The summed E-state index contributed by atoms with van der Waals surface area (Å²) in [5.74, 6) is 4.75. The molecule has 8 nitrogen and oxygen atoms in total. The summed E-state index contributed by atoms with van der Waals surface area (Å²) in [6.45, 7) is 6.78. The maximum absolute atomic E-state index is 11.6. The van der Waals surface area contributed by atoms with Crippen LogP contribution in [0.2, 0.25) is 0 Å². The Kier molecular flexibility index (Phi) is 3.70. The fraction of sp³-hybridized carbons (Fsp3) is 0.600. The van der Waals surface area contributed by atoms with Crippen LogP contribution in [0.5, 0.6) is 0 Å². The Hall–Kier alpha value is -1.96. The number of hydrogen-bond donors (Lipinski definition) is 2. The van der Waals surface area contributed by atoms with Gasteiger partial charge in [-0.2, -0.15) is 5.10 Å². The second kappa shape index (κ2) is 4.73. The van der Waals surface area contributed by atoms with Crippen LogP contribution in [0.4, 0.5) is 5.69 Å². The van der Waals surface area contributed by atoms with Crippen LogP contribution >= 0.6 is 0 Å². The molecule has 0 saturated carbocycles. The summed E-state index contributed by atoms with van der Waals surface area (Å²) in [5, 5.41) is 15.0. The zero-order chi connectivity index (χ0) is 14.1. The molecule has 8 heteroatoms. The average Bonchev–Trinajstić information content (AvgIpc) is 2.52. The highest BCUT2D eigenvalue weighted by Gasteiger charge is 2.31. The van der Waals surface area contributed by atoms with Gasteiger partial charge in [0, 0.05) is 0 Å². The van der Waals surface area contributed by atoms with Crippen LogP contribution in [0, 0.1) is 29.4 Å². The number of carbonyl (C=O) groups excluding carboxylic acids is 1. The maximum Gasteiger partial charge on any atom is 0.312 e. The van der Waals surface area contributed by atoms with Crippen LogP contribution in [-0.2, 0) is 11.3 Å². The first-order chi connectivity index (χ1) is 8.20. The van der Waals surface area contributed by atoms with E-state index in [1.807, 2.05) is 0 Å². The Morgan fingerprint density at radius 3 is 2.50 bits per heavy atom. The number of carbonyl (C=O) groups is 1. The topological polar surface area (TPSA) is 116 Å². The molecule has 100 valence electrons. The van der Waals surface area contributed by atoms with Gasteiger partial charge in [-0.25, -0.2) is 5.84 Å². The van der Waals surface area contributed by atoms with Gasteiger partial charge < -0.3 is 0 Å². The summed E-state index contributed by atoms with van der Waals surface area (Å²) < 4.78 is 1.46. The van der Waals surface area contributed by atoms with Crippen molar-refractivity contribution in [2.24, 2.45) is 11.3 Å². The number of amides is 1. The first-order valence-electron chi connectivity index (χ1n) is 5.40. The molecule has 1 rings (SSSR count). The minimum Gasteiger partial charge on any atom is -0.294 e. The van der Waals surface area contributed by atoms with Crippen molar-refractivity contribution in [2.45, 2.75) is 34.2 Å². The van der Waals surface area contributed by atoms with E-state index in [9.17, 15) is 14.9 Å². The zero-order valence-corrected chi connectivity index (χ0v) is 10.9. The molecule has 0 atom stereocenters. The second-order valence-corrected chi connectivity index (χ2v) is 4.79. The molecule has 0 bridgehead atoms. The molecule has 0 radical (unpaired) electrons. The molecule has 1 aromatic rings. The third kappa shape index (κ3) is 2.48. The van der Waals surface area contributed by atoms with Crippen molar-refractivity contribution >= 4 is 11.6 Å². The minimum absolute atomic E-state index is 0.0149. The number of hydrazine groups is 1. The van der Waals surface area contributed by atoms with Crippen LogP contribution in [0.15, 0.2) is 0 Å². The molecule has 1 amide bonds. The van der Waals surface area contributed by atoms with E-state index in [-0.39, 0.29) is 18.1 Å². The second-order valence-electron chi connectivity index (χ2n) is 4.79. The van der Waals surface area contributed by atoms with Gasteiger partial charge in [-0.15, -0.1) is 0 Å². The van der Waals surface area contributed by atoms with Crippen molar-refractivity contribution in [3.63, 3.8) is 0 Å². The van der Waals surface area contributed by atoms with Crippen LogP contribution in [0.1, 0.15) is 25.2 Å². The van der Waals surface area contributed by atoms with Crippen molar-refractivity contribution in [1.29, 1.82) is 0 Å². The van der Waals surface area contributed by atoms with E-state index in [0.717, 1.165) is 0 Å². The fourth-order valence-corrected chi connectivity index (χ4v) is 1.75. The molecule has 0 spiro atoms. The molecular formula is C10H17N5O3. The molecule has 1 aromatic heterocycles. The number of aryl methyl sites for hydroxylation is 1. The summed E-state index contributed by atoms with van der Waals surface area (Å²) in [6.07, 6.45) is 0. The van der Waals surface area contributed by atoms with Gasteiger partial charge in [0.2, 0.25) is 5.91 Å². The number of rotatable bonds is 4. The van der Waals surface area contributed by atoms with Crippen LogP contribution in [-0.4, -0.2) is 20.6 Å². The lowest BCUT2D eigenvalue weighted by atomic mass is 9.92. The van der Waals surface area contributed by atoms with Gasteiger partial charge in [0.25, 0.3) is 0 Å². The molecule has 0 aliphatic rings. The smallest absolute Gasteiger partial charge is 0.294 e. The van der Waals surface area contributed by atoms with Gasteiger partial charge in [-0.1, -0.05) is 0 Å². The van der Waals surface area contributed by atoms with E-state index in [1.54, 1.807) is 27.7 Å². The number of aromatic nitrogens is 2. The number of nitrogens with zero attached hydrogens (tertiary/aromatic N) is 3. The van der Waals surface area contributed by atoms with Crippen LogP contribution in [0.3, 0.4) is 0 Å². The van der Waals surface area contributed by atoms with Crippen molar-refractivity contribution in [3.8, 4) is 0 Å². The quantitative estimate of drug-likeness (QED) is 0.350. The largest absolute Gasteiger partial charge is 0.312 e. The molecule has 0 unspecified atom stereocenters. The predicted molar refractivity (Wildman–Crippen MR) is 64.5 cm³/mol.